The van der Waals surface area contributed by atoms with Crippen LogP contribution in [0.15, 0.2) is 24.3 Å². The molecule has 0 aliphatic carbocycles. The number of benzene rings is 1. The van der Waals surface area contributed by atoms with Crippen molar-refractivity contribution >= 4 is 0 Å². The Morgan fingerprint density at radius 3 is 2.73 bits per heavy atom. The van der Waals surface area contributed by atoms with Crippen molar-refractivity contribution < 1.29 is 9.13 Å². The Morgan fingerprint density at radius 1 is 1.33 bits per heavy atom. The lowest BCUT2D eigenvalue weighted by Gasteiger charge is -2.09. The van der Waals surface area contributed by atoms with E-state index in [-0.39, 0.29) is 5.82 Å². The van der Waals surface area contributed by atoms with Crippen molar-refractivity contribution in [2.75, 3.05) is 6.61 Å². The number of hydrogen-bond donors (Lipinski definition) is 0. The Hall–Kier alpha value is -1.05. The maximum atomic E-state index is 13.1. The van der Waals surface area contributed by atoms with Crippen LogP contribution in [0.4, 0.5) is 4.39 Å². The minimum absolute atomic E-state index is 0.277. The Bertz CT molecular complexity index is 286. The van der Waals surface area contributed by atoms with E-state index in [4.69, 9.17) is 4.74 Å². The first-order chi connectivity index (χ1) is 7.24. The molecule has 0 saturated carbocycles. The van der Waals surface area contributed by atoms with E-state index in [9.17, 15) is 4.39 Å². The summed E-state index contributed by atoms with van der Waals surface area (Å²) in [5.41, 5.74) is 0. The second-order valence-corrected chi connectivity index (χ2v) is 3.93. The number of halogens is 1. The monoisotopic (exact) mass is 210 g/mol. The molecule has 2 heteroatoms. The van der Waals surface area contributed by atoms with Gasteiger partial charge in [0.25, 0.3) is 0 Å². The molecule has 0 amide bonds. The van der Waals surface area contributed by atoms with Crippen LogP contribution in [0.3, 0.4) is 0 Å². The zero-order valence-corrected chi connectivity index (χ0v) is 9.50. The largest absolute Gasteiger partial charge is 0.491 e. The molecular weight excluding hydrogens is 191 g/mol. The molecule has 1 nitrogen and oxygen atoms in total. The summed E-state index contributed by atoms with van der Waals surface area (Å²) in [5, 5.41) is 0. The van der Waals surface area contributed by atoms with Gasteiger partial charge in [-0.3, -0.25) is 0 Å². The van der Waals surface area contributed by atoms with Crippen LogP contribution in [0.1, 0.15) is 33.1 Å². The van der Waals surface area contributed by atoms with E-state index >= 15 is 0 Å². The van der Waals surface area contributed by atoms with Crippen LogP contribution in [0.2, 0.25) is 0 Å². The number of ether oxygens (including phenoxy) is 1. The average Bonchev–Trinajstić information content (AvgIpc) is 2.26. The maximum absolute atomic E-state index is 13.1. The molecule has 0 unspecified atom stereocenters. The SMILES string of the molecule is CC[C@H](C)CCCOc1ccccc1F. The van der Waals surface area contributed by atoms with Gasteiger partial charge < -0.3 is 4.74 Å². The van der Waals surface area contributed by atoms with Gasteiger partial charge in [0, 0.05) is 0 Å². The van der Waals surface area contributed by atoms with Crippen molar-refractivity contribution in [1.29, 1.82) is 0 Å². The zero-order chi connectivity index (χ0) is 11.1. The highest BCUT2D eigenvalue weighted by Crippen LogP contribution is 2.16. The third kappa shape index (κ3) is 4.32. The Morgan fingerprint density at radius 2 is 2.07 bits per heavy atom. The first kappa shape index (κ1) is 12.0. The fourth-order valence-electron chi connectivity index (χ4n) is 1.38. The van der Waals surface area contributed by atoms with Crippen LogP contribution < -0.4 is 4.74 Å². The smallest absolute Gasteiger partial charge is 0.165 e. The number of para-hydroxylation sites is 1. The number of rotatable bonds is 6. The van der Waals surface area contributed by atoms with Gasteiger partial charge in [-0.15, -0.1) is 0 Å². The first-order valence-corrected chi connectivity index (χ1v) is 5.61. The molecule has 0 aliphatic heterocycles. The van der Waals surface area contributed by atoms with Crippen molar-refractivity contribution in [2.24, 2.45) is 5.92 Å². The van der Waals surface area contributed by atoms with E-state index in [0.29, 0.717) is 12.4 Å². The molecule has 0 aliphatic rings. The Labute approximate surface area is 91.3 Å². The highest BCUT2D eigenvalue weighted by Gasteiger charge is 2.02. The third-order valence-corrected chi connectivity index (χ3v) is 2.63. The molecule has 1 aromatic carbocycles. The molecule has 84 valence electrons. The van der Waals surface area contributed by atoms with E-state index in [2.05, 4.69) is 13.8 Å². The third-order valence-electron chi connectivity index (χ3n) is 2.63. The lowest BCUT2D eigenvalue weighted by atomic mass is 10.0. The van der Waals surface area contributed by atoms with Gasteiger partial charge in [0.05, 0.1) is 6.61 Å². The van der Waals surface area contributed by atoms with Crippen molar-refractivity contribution in [3.8, 4) is 5.75 Å². The van der Waals surface area contributed by atoms with E-state index in [1.54, 1.807) is 18.2 Å². The second-order valence-electron chi connectivity index (χ2n) is 3.93. The Kier molecular flexibility index (Phi) is 5.16. The van der Waals surface area contributed by atoms with Crippen LogP contribution in [-0.4, -0.2) is 6.61 Å². The molecule has 0 heterocycles. The summed E-state index contributed by atoms with van der Waals surface area (Å²) in [6, 6.07) is 6.54. The lowest BCUT2D eigenvalue weighted by Crippen LogP contribution is -2.01. The molecule has 0 aromatic heterocycles. The lowest BCUT2D eigenvalue weighted by molar-refractivity contribution is 0.281. The molecule has 0 saturated heterocycles. The van der Waals surface area contributed by atoms with Gasteiger partial charge in [0.2, 0.25) is 0 Å². The fraction of sp³-hybridized carbons (Fsp3) is 0.538. The molecule has 0 fully saturated rings. The van der Waals surface area contributed by atoms with Crippen molar-refractivity contribution in [2.45, 2.75) is 33.1 Å². The van der Waals surface area contributed by atoms with E-state index < -0.39 is 0 Å². The summed E-state index contributed by atoms with van der Waals surface area (Å²) in [6.45, 7) is 5.01. The highest BCUT2D eigenvalue weighted by atomic mass is 19.1. The van der Waals surface area contributed by atoms with E-state index in [1.807, 2.05) is 0 Å². The van der Waals surface area contributed by atoms with Gasteiger partial charge in [-0.1, -0.05) is 32.4 Å². The van der Waals surface area contributed by atoms with Gasteiger partial charge in [-0.2, -0.15) is 0 Å². The molecule has 15 heavy (non-hydrogen) atoms. The average molecular weight is 210 g/mol. The molecule has 1 aromatic rings. The minimum Gasteiger partial charge on any atom is -0.491 e. The van der Waals surface area contributed by atoms with E-state index in [0.717, 1.165) is 18.8 Å². The maximum Gasteiger partial charge on any atom is 0.165 e. The van der Waals surface area contributed by atoms with Gasteiger partial charge in [0.1, 0.15) is 0 Å². The van der Waals surface area contributed by atoms with Gasteiger partial charge >= 0.3 is 0 Å². The molecule has 0 radical (unpaired) electrons. The summed E-state index contributed by atoms with van der Waals surface area (Å²) in [5.74, 6) is 0.817. The first-order valence-electron chi connectivity index (χ1n) is 5.61. The molecule has 0 N–H and O–H groups in total. The van der Waals surface area contributed by atoms with Gasteiger partial charge in [-0.25, -0.2) is 4.39 Å². The molecule has 0 spiro atoms. The van der Waals surface area contributed by atoms with Crippen LogP contribution in [0.5, 0.6) is 5.75 Å². The van der Waals surface area contributed by atoms with Crippen LogP contribution in [-0.2, 0) is 0 Å². The van der Waals surface area contributed by atoms with Crippen LogP contribution in [0, 0.1) is 11.7 Å². The summed E-state index contributed by atoms with van der Waals surface area (Å²) in [6.07, 6.45) is 3.33. The normalized spacial score (nSPS) is 12.5. The van der Waals surface area contributed by atoms with E-state index in [1.165, 1.54) is 12.5 Å². The standard InChI is InChI=1S/C13H19FO/c1-3-11(2)7-6-10-15-13-9-5-4-8-12(13)14/h4-5,8-9,11H,3,6-7,10H2,1-2H3/t11-/m0/s1. The second kappa shape index (κ2) is 6.44. The molecule has 0 bridgehead atoms. The predicted octanol–water partition coefficient (Wildman–Crippen LogP) is 4.03. The number of hydrogen-bond acceptors (Lipinski definition) is 1. The summed E-state index contributed by atoms with van der Waals surface area (Å²) >= 11 is 0. The highest BCUT2D eigenvalue weighted by molar-refractivity contribution is 5.23. The van der Waals surface area contributed by atoms with Crippen LogP contribution >= 0.6 is 0 Å². The van der Waals surface area contributed by atoms with Gasteiger partial charge in [-0.05, 0) is 30.9 Å². The molecule has 1 atom stereocenters. The van der Waals surface area contributed by atoms with Crippen molar-refractivity contribution in [3.63, 3.8) is 0 Å². The Balaban J connectivity index is 2.23. The summed E-state index contributed by atoms with van der Waals surface area (Å²) < 4.78 is 18.5. The quantitative estimate of drug-likeness (QED) is 0.644. The van der Waals surface area contributed by atoms with Crippen molar-refractivity contribution in [1.82, 2.24) is 0 Å². The molecule has 1 rings (SSSR count). The summed E-state index contributed by atoms with van der Waals surface area (Å²) in [7, 11) is 0. The molecular formula is C13H19FO. The minimum atomic E-state index is -0.277. The summed E-state index contributed by atoms with van der Waals surface area (Å²) in [4.78, 5) is 0. The topological polar surface area (TPSA) is 9.23 Å². The van der Waals surface area contributed by atoms with Gasteiger partial charge in [0.15, 0.2) is 11.6 Å². The fourth-order valence-corrected chi connectivity index (χ4v) is 1.38. The predicted molar refractivity (Wildman–Crippen MR) is 60.6 cm³/mol. The van der Waals surface area contributed by atoms with Crippen molar-refractivity contribution in [3.05, 3.63) is 30.1 Å². The zero-order valence-electron chi connectivity index (χ0n) is 9.50. The van der Waals surface area contributed by atoms with Crippen LogP contribution in [0.25, 0.3) is 0 Å².